The number of nitrogens with zero attached hydrogens (tertiary/aromatic N) is 3. The van der Waals surface area contributed by atoms with E-state index in [0.717, 1.165) is 25.9 Å². The van der Waals surface area contributed by atoms with Crippen LogP contribution in [0.5, 0.6) is 0 Å². The molecular weight excluding hydrogens is 393 g/mol. The molecule has 27 heavy (non-hydrogen) atoms. The fourth-order valence-corrected chi connectivity index (χ4v) is 5.30. The van der Waals surface area contributed by atoms with Crippen LogP contribution in [0.3, 0.4) is 0 Å². The van der Waals surface area contributed by atoms with Crippen LogP contribution < -0.4 is 0 Å². The molecule has 0 aliphatic carbocycles. The van der Waals surface area contributed by atoms with Crippen LogP contribution >= 0.6 is 11.6 Å². The summed E-state index contributed by atoms with van der Waals surface area (Å²) in [4.78, 5) is 16.0. The van der Waals surface area contributed by atoms with Gasteiger partial charge in [0.15, 0.2) is 5.82 Å². The fourth-order valence-electron chi connectivity index (χ4n) is 3.56. The molecule has 2 saturated heterocycles. The first kappa shape index (κ1) is 20.5. The van der Waals surface area contributed by atoms with Gasteiger partial charge in [-0.05, 0) is 25.0 Å². The molecule has 2 aliphatic heterocycles. The molecular formula is C18H25ClFN3O3S. The molecule has 0 saturated carbocycles. The lowest BCUT2D eigenvalue weighted by atomic mass is 10.2. The summed E-state index contributed by atoms with van der Waals surface area (Å²) in [6, 6.07) is 3.97. The van der Waals surface area contributed by atoms with Crippen LogP contribution in [0.2, 0.25) is 5.02 Å². The number of amides is 1. The number of piperazine rings is 1. The summed E-state index contributed by atoms with van der Waals surface area (Å²) in [7, 11) is -3.94. The van der Waals surface area contributed by atoms with Gasteiger partial charge in [0.2, 0.25) is 15.9 Å². The van der Waals surface area contributed by atoms with Crippen molar-refractivity contribution in [2.24, 2.45) is 0 Å². The second-order valence-electron chi connectivity index (χ2n) is 7.03. The Hall–Kier alpha value is -1.22. The molecule has 3 rings (SSSR count). The molecule has 2 heterocycles. The van der Waals surface area contributed by atoms with Gasteiger partial charge in [0, 0.05) is 39.3 Å². The van der Waals surface area contributed by atoms with Crippen molar-refractivity contribution in [2.45, 2.75) is 30.6 Å². The first-order valence-corrected chi connectivity index (χ1v) is 11.2. The predicted octanol–water partition coefficient (Wildman–Crippen LogP) is 2.19. The zero-order valence-electron chi connectivity index (χ0n) is 15.2. The summed E-state index contributed by atoms with van der Waals surface area (Å²) in [6.45, 7) is 3.26. The maximum absolute atomic E-state index is 14.1. The number of hydrogen-bond acceptors (Lipinski definition) is 4. The first-order valence-electron chi connectivity index (χ1n) is 9.34. The highest BCUT2D eigenvalue weighted by atomic mass is 35.5. The Morgan fingerprint density at radius 2 is 1.63 bits per heavy atom. The van der Waals surface area contributed by atoms with Crippen LogP contribution in [0, 0.1) is 5.82 Å². The van der Waals surface area contributed by atoms with E-state index in [2.05, 4.69) is 0 Å². The molecule has 0 N–H and O–H groups in total. The zero-order chi connectivity index (χ0) is 19.4. The normalized spacial score (nSPS) is 20.4. The highest BCUT2D eigenvalue weighted by molar-refractivity contribution is 7.89. The molecule has 0 bridgehead atoms. The van der Waals surface area contributed by atoms with Gasteiger partial charge in [0.1, 0.15) is 4.90 Å². The maximum atomic E-state index is 14.1. The molecule has 0 unspecified atom stereocenters. The number of benzene rings is 1. The van der Waals surface area contributed by atoms with Gasteiger partial charge in [0.05, 0.1) is 11.6 Å². The fraction of sp³-hybridized carbons (Fsp3) is 0.611. The van der Waals surface area contributed by atoms with Crippen molar-refractivity contribution in [3.05, 3.63) is 29.0 Å². The van der Waals surface area contributed by atoms with E-state index in [4.69, 9.17) is 11.6 Å². The van der Waals surface area contributed by atoms with E-state index >= 15 is 0 Å². The summed E-state index contributed by atoms with van der Waals surface area (Å²) in [5.74, 6) is -0.813. The number of rotatable bonds is 4. The lowest BCUT2D eigenvalue weighted by molar-refractivity contribution is -0.132. The van der Waals surface area contributed by atoms with Gasteiger partial charge in [-0.2, -0.15) is 4.31 Å². The van der Waals surface area contributed by atoms with Crippen LogP contribution in [-0.4, -0.2) is 74.2 Å². The van der Waals surface area contributed by atoms with Gasteiger partial charge in [-0.15, -0.1) is 0 Å². The highest BCUT2D eigenvalue weighted by Crippen LogP contribution is 2.25. The van der Waals surface area contributed by atoms with Gasteiger partial charge in [0.25, 0.3) is 0 Å². The molecule has 1 amide bonds. The highest BCUT2D eigenvalue weighted by Gasteiger charge is 2.32. The van der Waals surface area contributed by atoms with E-state index in [1.165, 1.54) is 35.3 Å². The van der Waals surface area contributed by atoms with Crippen molar-refractivity contribution >= 4 is 27.5 Å². The molecule has 1 aromatic rings. The summed E-state index contributed by atoms with van der Waals surface area (Å²) in [5, 5.41) is -0.210. The van der Waals surface area contributed by atoms with Crippen molar-refractivity contribution < 1.29 is 17.6 Å². The standard InChI is InChI=1S/C18H25ClFN3O3S/c19-15-6-5-7-16(18(15)20)27(25,26)23-12-10-21(11-13-23)14-17(24)22-8-3-1-2-4-9-22/h5-7H,1-4,8-14H2. The van der Waals surface area contributed by atoms with Gasteiger partial charge >= 0.3 is 0 Å². The Balaban J connectivity index is 1.58. The maximum Gasteiger partial charge on any atom is 0.246 e. The van der Waals surface area contributed by atoms with Crippen LogP contribution in [0.25, 0.3) is 0 Å². The predicted molar refractivity (Wildman–Crippen MR) is 102 cm³/mol. The molecule has 2 aliphatic rings. The summed E-state index contributed by atoms with van der Waals surface area (Å²) < 4.78 is 40.8. The van der Waals surface area contributed by atoms with E-state index in [1.54, 1.807) is 0 Å². The van der Waals surface area contributed by atoms with Crippen LogP contribution in [0.4, 0.5) is 4.39 Å². The molecule has 0 atom stereocenters. The van der Waals surface area contributed by atoms with Crippen molar-refractivity contribution in [2.75, 3.05) is 45.8 Å². The van der Waals surface area contributed by atoms with Crippen molar-refractivity contribution in [1.82, 2.24) is 14.1 Å². The molecule has 0 aromatic heterocycles. The Bertz CT molecular complexity index is 774. The quantitative estimate of drug-likeness (QED) is 0.753. The minimum absolute atomic E-state index is 0.106. The van der Waals surface area contributed by atoms with Crippen molar-refractivity contribution in [3.8, 4) is 0 Å². The molecule has 0 spiro atoms. The van der Waals surface area contributed by atoms with Crippen molar-refractivity contribution in [1.29, 1.82) is 0 Å². The Morgan fingerprint density at radius 3 is 2.26 bits per heavy atom. The average molecular weight is 418 g/mol. The zero-order valence-corrected chi connectivity index (χ0v) is 16.8. The molecule has 1 aromatic carbocycles. The van der Waals surface area contributed by atoms with Crippen LogP contribution in [0.15, 0.2) is 23.1 Å². The van der Waals surface area contributed by atoms with E-state index in [-0.39, 0.29) is 24.0 Å². The second-order valence-corrected chi connectivity index (χ2v) is 9.34. The van der Waals surface area contributed by atoms with Gasteiger partial charge in [-0.25, -0.2) is 12.8 Å². The third-order valence-electron chi connectivity index (χ3n) is 5.18. The Labute approximate surface area is 164 Å². The van der Waals surface area contributed by atoms with E-state index in [0.29, 0.717) is 19.6 Å². The summed E-state index contributed by atoms with van der Waals surface area (Å²) in [6.07, 6.45) is 4.42. The monoisotopic (exact) mass is 417 g/mol. The number of sulfonamides is 1. The minimum Gasteiger partial charge on any atom is -0.342 e. The van der Waals surface area contributed by atoms with Crippen LogP contribution in [0.1, 0.15) is 25.7 Å². The molecule has 9 heteroatoms. The lowest BCUT2D eigenvalue weighted by Gasteiger charge is -2.34. The lowest BCUT2D eigenvalue weighted by Crippen LogP contribution is -2.51. The largest absolute Gasteiger partial charge is 0.342 e. The molecule has 2 fully saturated rings. The molecule has 150 valence electrons. The molecule has 0 radical (unpaired) electrons. The minimum atomic E-state index is -3.94. The Kier molecular flexibility index (Phi) is 6.73. The average Bonchev–Trinajstić information content (AvgIpc) is 2.94. The summed E-state index contributed by atoms with van der Waals surface area (Å²) in [5.41, 5.74) is 0. The van der Waals surface area contributed by atoms with Crippen LogP contribution in [-0.2, 0) is 14.8 Å². The third-order valence-corrected chi connectivity index (χ3v) is 7.39. The summed E-state index contributed by atoms with van der Waals surface area (Å²) >= 11 is 5.72. The number of likely N-dealkylation sites (tertiary alicyclic amines) is 1. The van der Waals surface area contributed by atoms with E-state index in [1.807, 2.05) is 9.80 Å². The number of carbonyl (C=O) groups excluding carboxylic acids is 1. The topological polar surface area (TPSA) is 60.9 Å². The van der Waals surface area contributed by atoms with Gasteiger partial charge in [-0.1, -0.05) is 30.5 Å². The van der Waals surface area contributed by atoms with E-state index < -0.39 is 20.7 Å². The smallest absolute Gasteiger partial charge is 0.246 e. The van der Waals surface area contributed by atoms with Gasteiger partial charge < -0.3 is 4.90 Å². The Morgan fingerprint density at radius 1 is 1.00 bits per heavy atom. The number of carbonyl (C=O) groups is 1. The first-order chi connectivity index (χ1) is 12.9. The number of hydrogen-bond donors (Lipinski definition) is 0. The number of halogens is 2. The van der Waals surface area contributed by atoms with E-state index in [9.17, 15) is 17.6 Å². The molecule has 6 nitrogen and oxygen atoms in total. The SMILES string of the molecule is O=C(CN1CCN(S(=O)(=O)c2cccc(Cl)c2F)CC1)N1CCCCCC1. The third kappa shape index (κ3) is 4.80. The van der Waals surface area contributed by atoms with Crippen molar-refractivity contribution in [3.63, 3.8) is 0 Å². The van der Waals surface area contributed by atoms with Gasteiger partial charge in [-0.3, -0.25) is 9.69 Å². The second kappa shape index (κ2) is 8.86.